The molecule has 0 amide bonds. The Morgan fingerprint density at radius 1 is 0.734 bits per heavy atom. The molecule has 15 heteroatoms. The SMILES string of the molecule is CCCCC/C=C\C\C=C/C=C/C=C/[C@@H](SC[C@H](N)C(=O)OC[C@H](COP(=O)([O-])OCC[N+](C)(C)C)OC(=O)CCCCCCC/C=C\CCCCCCCC)[C@@H](O)CCCC(=O)O. The number of ether oxygens (including phenoxy) is 2. The van der Waals surface area contributed by atoms with Crippen molar-refractivity contribution in [3.05, 3.63) is 60.8 Å². The minimum Gasteiger partial charge on any atom is -0.756 e. The average molecular weight is 943 g/mol. The minimum absolute atomic E-state index is 0.0460. The number of phosphoric acid groups is 1. The van der Waals surface area contributed by atoms with Crippen LogP contribution in [0.3, 0.4) is 0 Å². The number of aliphatic hydroxyl groups excluding tert-OH is 1. The number of carbonyl (C=O) groups excluding carboxylic acids is 2. The maximum absolute atomic E-state index is 13.0. The van der Waals surface area contributed by atoms with Crippen LogP contribution in [0.5, 0.6) is 0 Å². The van der Waals surface area contributed by atoms with Crippen LogP contribution in [0.2, 0.25) is 0 Å². The molecule has 0 aliphatic rings. The summed E-state index contributed by atoms with van der Waals surface area (Å²) in [5.74, 6) is -2.29. The Kier molecular flexibility index (Phi) is 39.1. The van der Waals surface area contributed by atoms with E-state index in [1.54, 1.807) is 12.2 Å². The molecule has 5 atom stereocenters. The number of hydrogen-bond donors (Lipinski definition) is 3. The summed E-state index contributed by atoms with van der Waals surface area (Å²) in [7, 11) is 0.896. The molecule has 0 saturated carbocycles. The van der Waals surface area contributed by atoms with E-state index in [0.29, 0.717) is 17.4 Å². The molecule has 4 N–H and O–H groups in total. The van der Waals surface area contributed by atoms with Gasteiger partial charge in [-0.3, -0.25) is 18.9 Å². The molecule has 0 heterocycles. The van der Waals surface area contributed by atoms with Gasteiger partial charge in [0.05, 0.1) is 33.9 Å². The van der Waals surface area contributed by atoms with Gasteiger partial charge in [0.2, 0.25) is 0 Å². The molecule has 64 heavy (non-hydrogen) atoms. The van der Waals surface area contributed by atoms with Crippen LogP contribution in [-0.2, 0) is 37.5 Å². The number of nitrogens with zero attached hydrogens (tertiary/aromatic N) is 1. The lowest BCUT2D eigenvalue weighted by molar-refractivity contribution is -0.870. The molecule has 0 aliphatic heterocycles. The highest BCUT2D eigenvalue weighted by atomic mass is 32.2. The molecule has 0 aromatic heterocycles. The fourth-order valence-corrected chi connectivity index (χ4v) is 7.94. The fraction of sp³-hybridized carbons (Fsp3) is 0.735. The van der Waals surface area contributed by atoms with Crippen LogP contribution in [0.15, 0.2) is 60.8 Å². The van der Waals surface area contributed by atoms with E-state index in [-0.39, 0.29) is 38.0 Å². The van der Waals surface area contributed by atoms with Gasteiger partial charge in [-0.05, 0) is 64.2 Å². The van der Waals surface area contributed by atoms with E-state index >= 15 is 0 Å². The highest BCUT2D eigenvalue weighted by Crippen LogP contribution is 2.38. The van der Waals surface area contributed by atoms with E-state index in [2.05, 4.69) is 38.2 Å². The average Bonchev–Trinajstić information content (AvgIpc) is 3.23. The van der Waals surface area contributed by atoms with Gasteiger partial charge in [0.15, 0.2) is 6.10 Å². The van der Waals surface area contributed by atoms with Crippen molar-refractivity contribution in [3.63, 3.8) is 0 Å². The molecule has 1 unspecified atom stereocenters. The van der Waals surface area contributed by atoms with Gasteiger partial charge in [-0.2, -0.15) is 0 Å². The number of carbonyl (C=O) groups is 3. The summed E-state index contributed by atoms with van der Waals surface area (Å²) < 4.78 is 34.0. The van der Waals surface area contributed by atoms with Crippen LogP contribution in [0.25, 0.3) is 0 Å². The predicted octanol–water partition coefficient (Wildman–Crippen LogP) is 9.93. The molecule has 0 radical (unpaired) electrons. The number of aliphatic carboxylic acids is 1. The third kappa shape index (κ3) is 40.9. The number of rotatable bonds is 43. The second-order valence-electron chi connectivity index (χ2n) is 17.3. The van der Waals surface area contributed by atoms with Crippen molar-refractivity contribution >= 4 is 37.5 Å². The van der Waals surface area contributed by atoms with Gasteiger partial charge in [-0.25, -0.2) is 0 Å². The molecule has 0 bridgehead atoms. The van der Waals surface area contributed by atoms with E-state index in [0.717, 1.165) is 51.4 Å². The third-order valence-corrected chi connectivity index (χ3v) is 12.4. The van der Waals surface area contributed by atoms with Crippen LogP contribution >= 0.6 is 19.6 Å². The van der Waals surface area contributed by atoms with Crippen molar-refractivity contribution in [1.29, 1.82) is 0 Å². The number of aliphatic hydroxyl groups is 1. The molecule has 0 aromatic rings. The molecule has 13 nitrogen and oxygen atoms in total. The molecule has 0 saturated heterocycles. The summed E-state index contributed by atoms with van der Waals surface area (Å²) in [6.45, 7) is 3.59. The minimum atomic E-state index is -4.77. The summed E-state index contributed by atoms with van der Waals surface area (Å²) in [5.41, 5.74) is 6.20. The van der Waals surface area contributed by atoms with Gasteiger partial charge in [0, 0.05) is 23.8 Å². The van der Waals surface area contributed by atoms with Crippen molar-refractivity contribution in [2.75, 3.05) is 53.3 Å². The van der Waals surface area contributed by atoms with Crippen molar-refractivity contribution in [3.8, 4) is 0 Å². The standard InChI is InChI=1S/C49H87N2O11PS/c1-6-8-10-12-14-16-18-20-21-22-24-26-28-30-32-37-48(55)62-43(41-61-63(57,58)60-39-38-51(3,4)5)40-59-49(56)44(50)42-64-46(45(52)34-33-36-47(53)54)35-31-29-27-25-23-19-17-15-13-11-9-7-2/h15,17,20-21,23,25,27,29,31,35,43-46,52H,6-14,16,18-19,22,24,26,28,30,32-34,36-42,50H2,1-5H3,(H-,53,54,57,58)/b17-15-,21-20-,25-23-,29-27+,35-31+/t43-,44+,45+,46-/m1/s1. The van der Waals surface area contributed by atoms with Crippen LogP contribution in [-0.4, -0.2) is 109 Å². The number of esters is 2. The highest BCUT2D eigenvalue weighted by molar-refractivity contribution is 8.00. The monoisotopic (exact) mass is 943 g/mol. The second kappa shape index (κ2) is 40.7. The Morgan fingerprint density at radius 3 is 1.95 bits per heavy atom. The van der Waals surface area contributed by atoms with Crippen LogP contribution in [0.4, 0.5) is 0 Å². The van der Waals surface area contributed by atoms with Crippen molar-refractivity contribution < 1.29 is 57.1 Å². The van der Waals surface area contributed by atoms with Crippen LogP contribution in [0.1, 0.15) is 155 Å². The van der Waals surface area contributed by atoms with Crippen LogP contribution in [0, 0.1) is 0 Å². The molecule has 370 valence electrons. The van der Waals surface area contributed by atoms with E-state index in [1.807, 2.05) is 45.4 Å². The zero-order valence-electron chi connectivity index (χ0n) is 40.1. The Balaban J connectivity index is 5.23. The highest BCUT2D eigenvalue weighted by Gasteiger charge is 2.25. The molecular weight excluding hydrogens is 856 g/mol. The Hall–Kier alpha value is -2.55. The fourth-order valence-electron chi connectivity index (χ4n) is 6.09. The summed E-state index contributed by atoms with van der Waals surface area (Å²) >= 11 is 1.22. The molecule has 0 aliphatic carbocycles. The normalized spacial score (nSPS) is 15.4. The number of nitrogens with two attached hydrogens (primary N) is 1. The summed E-state index contributed by atoms with van der Waals surface area (Å²) in [6.07, 6.45) is 38.6. The predicted molar refractivity (Wildman–Crippen MR) is 260 cm³/mol. The molecule has 0 rings (SSSR count). The summed E-state index contributed by atoms with van der Waals surface area (Å²) in [5, 5.41) is 19.5. The molecule has 0 fully saturated rings. The second-order valence-corrected chi connectivity index (χ2v) is 19.9. The van der Waals surface area contributed by atoms with Crippen molar-refractivity contribution in [1.82, 2.24) is 0 Å². The van der Waals surface area contributed by atoms with Gasteiger partial charge < -0.3 is 43.8 Å². The van der Waals surface area contributed by atoms with Gasteiger partial charge in [0.25, 0.3) is 7.82 Å². The number of hydrogen-bond acceptors (Lipinski definition) is 12. The molecule has 0 spiro atoms. The molecule has 0 aromatic carbocycles. The first-order valence-electron chi connectivity index (χ1n) is 23.9. The topological polar surface area (TPSA) is 195 Å². The number of likely N-dealkylation sites (N-methyl/N-ethyl adjacent to an activating group) is 1. The lowest BCUT2D eigenvalue weighted by Crippen LogP contribution is -2.39. The maximum Gasteiger partial charge on any atom is 0.323 e. The first kappa shape index (κ1) is 61.5. The van der Waals surface area contributed by atoms with Crippen LogP contribution < -0.4 is 10.6 Å². The lowest BCUT2D eigenvalue weighted by Gasteiger charge is -2.28. The Bertz CT molecular complexity index is 1400. The summed E-state index contributed by atoms with van der Waals surface area (Å²) in [4.78, 5) is 49.5. The zero-order chi connectivity index (χ0) is 47.7. The van der Waals surface area contributed by atoms with Gasteiger partial charge in [-0.15, -0.1) is 11.8 Å². The number of phosphoric ester groups is 1. The Morgan fingerprint density at radius 2 is 1.31 bits per heavy atom. The third-order valence-electron chi connectivity index (χ3n) is 10.0. The zero-order valence-corrected chi connectivity index (χ0v) is 41.8. The van der Waals surface area contributed by atoms with Crippen molar-refractivity contribution in [2.45, 2.75) is 179 Å². The number of quaternary nitrogens is 1. The lowest BCUT2D eigenvalue weighted by atomic mass is 10.1. The maximum atomic E-state index is 13.0. The van der Waals surface area contributed by atoms with E-state index in [4.69, 9.17) is 29.4 Å². The number of thioether (sulfide) groups is 1. The number of carboxylic acid groups (broad SMARTS) is 1. The molecular formula is C49H87N2O11PS. The van der Waals surface area contributed by atoms with Gasteiger partial charge >= 0.3 is 17.9 Å². The number of unbranched alkanes of at least 4 members (excludes halogenated alkanes) is 14. The number of allylic oxidation sites excluding steroid dienone is 9. The van der Waals surface area contributed by atoms with Gasteiger partial charge in [0.1, 0.15) is 25.8 Å². The van der Waals surface area contributed by atoms with Crippen molar-refractivity contribution in [2.24, 2.45) is 5.73 Å². The van der Waals surface area contributed by atoms with E-state index in [1.165, 1.54) is 69.5 Å². The smallest absolute Gasteiger partial charge is 0.323 e. The van der Waals surface area contributed by atoms with E-state index < -0.39 is 62.4 Å². The Labute approximate surface area is 391 Å². The quantitative estimate of drug-likeness (QED) is 0.0131. The van der Waals surface area contributed by atoms with Gasteiger partial charge in [-0.1, -0.05) is 139 Å². The summed E-state index contributed by atoms with van der Waals surface area (Å²) in [6, 6.07) is -1.14. The largest absolute Gasteiger partial charge is 0.756 e. The first-order chi connectivity index (χ1) is 30.6. The number of carboxylic acids is 1. The first-order valence-corrected chi connectivity index (χ1v) is 26.4. The van der Waals surface area contributed by atoms with E-state index in [9.17, 15) is 28.9 Å².